The molecule has 3 aliphatic rings. The van der Waals surface area contributed by atoms with Crippen molar-refractivity contribution in [2.45, 2.75) is 34.5 Å². The fourth-order valence-corrected chi connectivity index (χ4v) is 11.8. The number of hydrogen-bond acceptors (Lipinski definition) is 2. The molecule has 1 aliphatic heterocycles. The minimum absolute atomic E-state index is 0.0798. The van der Waals surface area contributed by atoms with Gasteiger partial charge in [0.05, 0.1) is 5.41 Å². The second-order valence-corrected chi connectivity index (χ2v) is 17.5. The summed E-state index contributed by atoms with van der Waals surface area (Å²) >= 11 is 1.91. The van der Waals surface area contributed by atoms with E-state index in [2.05, 4.69) is 219 Å². The summed E-state index contributed by atoms with van der Waals surface area (Å²) in [6.07, 6.45) is 0. The highest BCUT2D eigenvalue weighted by atomic mass is 32.2. The Morgan fingerprint density at radius 1 is 0.362 bits per heavy atom. The lowest BCUT2D eigenvalue weighted by atomic mass is 9.66. The fraction of sp³-hybridized carbons (Fsp3) is 0.0714. The Hall–Kier alpha value is -6.61. The Bertz CT molecular complexity index is 3080. The van der Waals surface area contributed by atoms with Crippen LogP contribution in [0.5, 0.6) is 0 Å². The van der Waals surface area contributed by atoms with Crippen molar-refractivity contribution in [1.82, 2.24) is 0 Å². The second kappa shape index (κ2) is 12.4. The highest BCUT2D eigenvalue weighted by Crippen LogP contribution is 2.63. The molecule has 9 aromatic rings. The summed E-state index contributed by atoms with van der Waals surface area (Å²) in [4.78, 5) is 5.05. The molecule has 0 aromatic heterocycles. The van der Waals surface area contributed by atoms with Gasteiger partial charge in [0.1, 0.15) is 0 Å². The fourth-order valence-electron chi connectivity index (χ4n) is 10.6. The molecule has 0 radical (unpaired) electrons. The minimum atomic E-state index is -0.422. The monoisotopic (exact) mass is 757 g/mol. The van der Waals surface area contributed by atoms with E-state index in [-0.39, 0.29) is 5.41 Å². The average molecular weight is 758 g/mol. The van der Waals surface area contributed by atoms with Crippen LogP contribution in [0.25, 0.3) is 44.2 Å². The molecule has 1 spiro atoms. The number of benzene rings is 9. The van der Waals surface area contributed by atoms with Gasteiger partial charge in [-0.1, -0.05) is 177 Å². The maximum Gasteiger partial charge on any atom is 0.0741 e. The van der Waals surface area contributed by atoms with Gasteiger partial charge in [-0.3, -0.25) is 0 Å². The number of rotatable bonds is 4. The predicted octanol–water partition coefficient (Wildman–Crippen LogP) is 15.1. The van der Waals surface area contributed by atoms with Gasteiger partial charge in [-0.2, -0.15) is 0 Å². The molecule has 1 nitrogen and oxygen atoms in total. The number of fused-ring (bicyclic) bond motifs is 14. The van der Waals surface area contributed by atoms with Crippen LogP contribution in [0.15, 0.2) is 210 Å². The van der Waals surface area contributed by atoms with Crippen LogP contribution in [-0.2, 0) is 10.8 Å². The van der Waals surface area contributed by atoms with E-state index in [0.29, 0.717) is 0 Å². The molecule has 2 heteroatoms. The normalized spacial score (nSPS) is 14.6. The number of nitrogens with zero attached hydrogens (tertiary/aromatic N) is 1. The first-order valence-electron chi connectivity index (χ1n) is 20.3. The minimum Gasteiger partial charge on any atom is -0.310 e. The lowest BCUT2D eigenvalue weighted by molar-refractivity contribution is 0.660. The van der Waals surface area contributed by atoms with Crippen LogP contribution in [0.1, 0.15) is 47.2 Å². The Morgan fingerprint density at radius 3 is 1.64 bits per heavy atom. The summed E-state index contributed by atoms with van der Waals surface area (Å²) in [5.74, 6) is 0. The Labute approximate surface area is 344 Å². The third kappa shape index (κ3) is 4.55. The van der Waals surface area contributed by atoms with E-state index in [1.807, 2.05) is 11.8 Å². The lowest BCUT2D eigenvalue weighted by Gasteiger charge is -2.40. The zero-order valence-corrected chi connectivity index (χ0v) is 33.2. The molecule has 12 rings (SSSR count). The highest BCUT2D eigenvalue weighted by Gasteiger charge is 2.51. The molecule has 1 heterocycles. The van der Waals surface area contributed by atoms with Crippen molar-refractivity contribution in [3.05, 3.63) is 234 Å². The SMILES string of the molecule is CC1(C)c2ccccc2-c2ccc(N(c3ccccc3)c3ccc(-c4cccc5c6c(ccc45)Sc4ccccc4C64c5ccccc5-c5ccccc54)cc3)cc21. The van der Waals surface area contributed by atoms with Crippen LogP contribution in [0.3, 0.4) is 0 Å². The van der Waals surface area contributed by atoms with Crippen LogP contribution < -0.4 is 4.90 Å². The Balaban J connectivity index is 1.01. The van der Waals surface area contributed by atoms with Gasteiger partial charge in [-0.15, -0.1) is 0 Å². The molecule has 0 N–H and O–H groups in total. The zero-order chi connectivity index (χ0) is 38.6. The van der Waals surface area contributed by atoms with E-state index in [0.717, 1.165) is 17.1 Å². The van der Waals surface area contributed by atoms with E-state index in [1.54, 1.807) is 0 Å². The van der Waals surface area contributed by atoms with Gasteiger partial charge in [-0.05, 0) is 126 Å². The molecule has 0 saturated carbocycles. The van der Waals surface area contributed by atoms with E-state index in [4.69, 9.17) is 0 Å². The molecular formula is C56H39NS. The van der Waals surface area contributed by atoms with Crippen molar-refractivity contribution in [3.8, 4) is 33.4 Å². The topological polar surface area (TPSA) is 3.24 Å². The number of anilines is 3. The van der Waals surface area contributed by atoms with Crippen molar-refractivity contribution < 1.29 is 0 Å². The van der Waals surface area contributed by atoms with Crippen LogP contribution in [0, 0.1) is 0 Å². The molecule has 0 unspecified atom stereocenters. The first kappa shape index (κ1) is 33.5. The quantitative estimate of drug-likeness (QED) is 0.176. The summed E-state index contributed by atoms with van der Waals surface area (Å²) in [6, 6.07) is 74.8. The van der Waals surface area contributed by atoms with Crippen molar-refractivity contribution in [3.63, 3.8) is 0 Å². The van der Waals surface area contributed by atoms with Crippen molar-refractivity contribution >= 4 is 39.6 Å². The van der Waals surface area contributed by atoms with Crippen LogP contribution in [0.2, 0.25) is 0 Å². The number of para-hydroxylation sites is 1. The lowest BCUT2D eigenvalue weighted by Crippen LogP contribution is -2.32. The molecule has 0 saturated heterocycles. The summed E-state index contributed by atoms with van der Waals surface area (Å²) in [7, 11) is 0. The molecule has 274 valence electrons. The molecule has 9 aromatic carbocycles. The van der Waals surface area contributed by atoms with Crippen LogP contribution >= 0.6 is 11.8 Å². The first-order chi connectivity index (χ1) is 28.5. The van der Waals surface area contributed by atoms with E-state index in [1.165, 1.54) is 87.3 Å². The van der Waals surface area contributed by atoms with Crippen LogP contribution in [0.4, 0.5) is 17.1 Å². The maximum absolute atomic E-state index is 2.41. The zero-order valence-electron chi connectivity index (χ0n) is 32.4. The number of hydrogen-bond donors (Lipinski definition) is 0. The largest absolute Gasteiger partial charge is 0.310 e. The van der Waals surface area contributed by atoms with Gasteiger partial charge in [0.2, 0.25) is 0 Å². The molecule has 0 fully saturated rings. The summed E-state index contributed by atoms with van der Waals surface area (Å²) in [5, 5.41) is 2.58. The van der Waals surface area contributed by atoms with Gasteiger partial charge in [0.25, 0.3) is 0 Å². The molecule has 2 aliphatic carbocycles. The molecular weight excluding hydrogens is 719 g/mol. The van der Waals surface area contributed by atoms with E-state index >= 15 is 0 Å². The second-order valence-electron chi connectivity index (χ2n) is 16.4. The van der Waals surface area contributed by atoms with Gasteiger partial charge in [0, 0.05) is 32.3 Å². The molecule has 58 heavy (non-hydrogen) atoms. The summed E-state index contributed by atoms with van der Waals surface area (Å²) in [5.41, 5.74) is 19.0. The summed E-state index contributed by atoms with van der Waals surface area (Å²) in [6.45, 7) is 4.71. The third-order valence-corrected chi connectivity index (χ3v) is 14.3. The Kier molecular flexibility index (Phi) is 7.19. The molecule has 0 atom stereocenters. The predicted molar refractivity (Wildman–Crippen MR) is 243 cm³/mol. The van der Waals surface area contributed by atoms with Crippen molar-refractivity contribution in [1.29, 1.82) is 0 Å². The highest BCUT2D eigenvalue weighted by molar-refractivity contribution is 7.99. The van der Waals surface area contributed by atoms with Crippen molar-refractivity contribution in [2.75, 3.05) is 4.90 Å². The van der Waals surface area contributed by atoms with Gasteiger partial charge in [-0.25, -0.2) is 0 Å². The van der Waals surface area contributed by atoms with Crippen molar-refractivity contribution in [2.24, 2.45) is 0 Å². The smallest absolute Gasteiger partial charge is 0.0741 e. The standard InChI is InChI=1S/C56H39NS/c1-55(2)47-22-9-6-17-42(47)45-32-31-39(35-51(45)55)57(37-15-4-3-5-16-37)38-29-27-36(28-30-38)40-20-14-21-46-41(40)33-34-53-54(46)56(50-25-12-13-26-52(50)58-53)48-23-10-7-18-43(48)44-19-8-11-24-49(44)56/h3-35H,1-2H3. The third-order valence-electron chi connectivity index (χ3n) is 13.1. The van der Waals surface area contributed by atoms with Gasteiger partial charge in [0.15, 0.2) is 0 Å². The van der Waals surface area contributed by atoms with Gasteiger partial charge >= 0.3 is 0 Å². The van der Waals surface area contributed by atoms with Crippen LogP contribution in [-0.4, -0.2) is 0 Å². The average Bonchev–Trinajstić information content (AvgIpc) is 3.69. The maximum atomic E-state index is 2.41. The van der Waals surface area contributed by atoms with E-state index < -0.39 is 5.41 Å². The molecule has 0 bridgehead atoms. The summed E-state index contributed by atoms with van der Waals surface area (Å²) < 4.78 is 0. The molecule has 0 amide bonds. The first-order valence-corrected chi connectivity index (χ1v) is 21.1. The van der Waals surface area contributed by atoms with E-state index in [9.17, 15) is 0 Å². The van der Waals surface area contributed by atoms with Gasteiger partial charge < -0.3 is 4.90 Å². The Morgan fingerprint density at radius 2 is 0.914 bits per heavy atom.